The molecule has 5 nitrogen and oxygen atoms in total. The summed E-state index contributed by atoms with van der Waals surface area (Å²) in [5.41, 5.74) is -1.86. The summed E-state index contributed by atoms with van der Waals surface area (Å²) in [5, 5.41) is 20.5. The molecule has 4 aliphatic rings. The highest BCUT2D eigenvalue weighted by molar-refractivity contribution is 6.02. The number of ketones is 3. The van der Waals surface area contributed by atoms with Crippen molar-refractivity contribution in [2.24, 2.45) is 28.6 Å². The topological polar surface area (TPSA) is 91.7 Å². The largest absolute Gasteiger partial charge is 0.388 e. The van der Waals surface area contributed by atoms with E-state index in [0.717, 1.165) is 18.4 Å². The van der Waals surface area contributed by atoms with E-state index in [4.69, 9.17) is 0 Å². The predicted molar refractivity (Wildman–Crippen MR) is 94.0 cm³/mol. The molecule has 0 aliphatic heterocycles. The van der Waals surface area contributed by atoms with Crippen molar-refractivity contribution in [1.82, 2.24) is 0 Å². The minimum absolute atomic E-state index is 0.0206. The van der Waals surface area contributed by atoms with E-state index >= 15 is 0 Å². The van der Waals surface area contributed by atoms with E-state index in [0.29, 0.717) is 12.8 Å². The first-order chi connectivity index (χ1) is 12.2. The highest BCUT2D eigenvalue weighted by Gasteiger charge is 2.68. The van der Waals surface area contributed by atoms with Gasteiger partial charge in [0.05, 0.1) is 0 Å². The average Bonchev–Trinajstić information content (AvgIpc) is 2.86. The molecule has 0 spiro atoms. The summed E-state index contributed by atoms with van der Waals surface area (Å²) < 4.78 is 0. The first kappa shape index (κ1) is 17.8. The van der Waals surface area contributed by atoms with Gasteiger partial charge in [-0.2, -0.15) is 0 Å². The highest BCUT2D eigenvalue weighted by atomic mass is 16.3. The maximum Gasteiger partial charge on any atom is 0.190 e. The SMILES string of the molecule is CC12CC(=O)[C@H]3[C@@H](CCC4=CC(=O)C=C[C@@]43C)[C@@H]1CC[C@]2(O)C(=O)CO. The summed E-state index contributed by atoms with van der Waals surface area (Å²) in [4.78, 5) is 37.4. The Bertz CT molecular complexity index is 764. The van der Waals surface area contributed by atoms with Gasteiger partial charge in [-0.05, 0) is 49.7 Å². The Balaban J connectivity index is 1.76. The Morgan fingerprint density at radius 3 is 2.69 bits per heavy atom. The van der Waals surface area contributed by atoms with Gasteiger partial charge in [-0.25, -0.2) is 0 Å². The van der Waals surface area contributed by atoms with E-state index in [1.165, 1.54) is 0 Å². The fourth-order valence-electron chi connectivity index (χ4n) is 6.62. The number of aliphatic hydroxyl groups is 2. The third-order valence-corrected chi connectivity index (χ3v) is 8.01. The van der Waals surface area contributed by atoms with Gasteiger partial charge in [0.25, 0.3) is 0 Å². The number of hydrogen-bond donors (Lipinski definition) is 2. The summed E-state index contributed by atoms with van der Waals surface area (Å²) in [7, 11) is 0. The number of hydrogen-bond acceptors (Lipinski definition) is 5. The molecular formula is C21H26O5. The van der Waals surface area contributed by atoms with Gasteiger partial charge >= 0.3 is 0 Å². The summed E-state index contributed by atoms with van der Waals surface area (Å²) in [6.07, 6.45) is 7.82. The molecule has 0 aromatic rings. The third kappa shape index (κ3) is 2.01. The van der Waals surface area contributed by atoms with Crippen molar-refractivity contribution < 1.29 is 24.6 Å². The van der Waals surface area contributed by atoms with E-state index in [1.54, 1.807) is 12.2 Å². The van der Waals surface area contributed by atoms with Crippen molar-refractivity contribution in [2.75, 3.05) is 6.61 Å². The zero-order chi connectivity index (χ0) is 18.9. The second kappa shape index (κ2) is 5.46. The highest BCUT2D eigenvalue weighted by Crippen LogP contribution is 2.66. The van der Waals surface area contributed by atoms with E-state index in [1.807, 2.05) is 19.9 Å². The molecule has 0 aromatic heterocycles. The van der Waals surface area contributed by atoms with Crippen LogP contribution in [0, 0.1) is 28.6 Å². The van der Waals surface area contributed by atoms with Crippen molar-refractivity contribution >= 4 is 17.3 Å². The number of allylic oxidation sites excluding steroid dienone is 4. The second-order valence-electron chi connectivity index (χ2n) is 9.02. The molecule has 0 heterocycles. The van der Waals surface area contributed by atoms with Gasteiger partial charge < -0.3 is 10.2 Å². The number of fused-ring (bicyclic) bond motifs is 5. The molecule has 4 aliphatic carbocycles. The maximum atomic E-state index is 13.3. The zero-order valence-electron chi connectivity index (χ0n) is 15.3. The van der Waals surface area contributed by atoms with Gasteiger partial charge in [0, 0.05) is 23.2 Å². The maximum absolute atomic E-state index is 13.3. The van der Waals surface area contributed by atoms with Crippen LogP contribution in [0.3, 0.4) is 0 Å². The van der Waals surface area contributed by atoms with E-state index in [9.17, 15) is 24.6 Å². The Morgan fingerprint density at radius 2 is 2.00 bits per heavy atom. The summed E-state index contributed by atoms with van der Waals surface area (Å²) >= 11 is 0. The molecule has 0 bridgehead atoms. The number of rotatable bonds is 2. The monoisotopic (exact) mass is 358 g/mol. The van der Waals surface area contributed by atoms with Crippen LogP contribution in [-0.4, -0.2) is 39.8 Å². The smallest absolute Gasteiger partial charge is 0.190 e. The standard InChI is InChI=1S/C21H26O5/c1-19-7-5-13(23)9-12(19)3-4-14-15-6-8-21(26,17(25)11-22)20(15,2)10-16(24)18(14)19/h5,7,9,14-15,18,22,26H,3-4,6,8,10-11H2,1-2H3/t14-,15-,18+,19-,20?,21-/m0/s1. The Kier molecular flexibility index (Phi) is 3.74. The van der Waals surface area contributed by atoms with Crippen molar-refractivity contribution in [3.8, 4) is 0 Å². The molecule has 4 rings (SSSR count). The minimum atomic E-state index is -1.62. The van der Waals surface area contributed by atoms with Crippen molar-refractivity contribution in [3.05, 3.63) is 23.8 Å². The van der Waals surface area contributed by atoms with Crippen LogP contribution in [0.15, 0.2) is 23.8 Å². The number of carbonyl (C=O) groups excluding carboxylic acids is 3. The van der Waals surface area contributed by atoms with Crippen LogP contribution in [0.25, 0.3) is 0 Å². The Hall–Kier alpha value is -1.59. The van der Waals surface area contributed by atoms with Gasteiger partial charge in [0.1, 0.15) is 18.0 Å². The summed E-state index contributed by atoms with van der Waals surface area (Å²) in [6, 6.07) is 0. The molecule has 3 saturated carbocycles. The fourth-order valence-corrected chi connectivity index (χ4v) is 6.62. The lowest BCUT2D eigenvalue weighted by Crippen LogP contribution is -2.60. The van der Waals surface area contributed by atoms with Crippen LogP contribution in [-0.2, 0) is 14.4 Å². The van der Waals surface area contributed by atoms with Crippen molar-refractivity contribution in [2.45, 2.75) is 51.6 Å². The first-order valence-electron chi connectivity index (χ1n) is 9.51. The molecule has 0 amide bonds. The molecule has 1 unspecified atom stereocenters. The van der Waals surface area contributed by atoms with E-state index in [-0.39, 0.29) is 35.7 Å². The number of aliphatic hydroxyl groups excluding tert-OH is 1. The lowest BCUT2D eigenvalue weighted by Gasteiger charge is -2.56. The molecule has 140 valence electrons. The molecule has 0 radical (unpaired) electrons. The van der Waals surface area contributed by atoms with Gasteiger partial charge in [-0.3, -0.25) is 14.4 Å². The predicted octanol–water partition coefficient (Wildman–Crippen LogP) is 1.77. The first-order valence-corrected chi connectivity index (χ1v) is 9.51. The zero-order valence-corrected chi connectivity index (χ0v) is 15.3. The second-order valence-corrected chi connectivity index (χ2v) is 9.02. The summed E-state index contributed by atoms with van der Waals surface area (Å²) in [6.45, 7) is 3.19. The van der Waals surface area contributed by atoms with Crippen molar-refractivity contribution in [1.29, 1.82) is 0 Å². The van der Waals surface area contributed by atoms with E-state index < -0.39 is 28.8 Å². The van der Waals surface area contributed by atoms with Crippen LogP contribution in [0.4, 0.5) is 0 Å². The lowest BCUT2D eigenvalue weighted by molar-refractivity contribution is -0.168. The molecule has 26 heavy (non-hydrogen) atoms. The number of Topliss-reactive ketones (excluding diaryl/α,β-unsaturated/α-hetero) is 2. The quantitative estimate of drug-likeness (QED) is 0.785. The van der Waals surface area contributed by atoms with Crippen LogP contribution in [0.5, 0.6) is 0 Å². The normalized spacial score (nSPS) is 47.1. The van der Waals surface area contributed by atoms with Gasteiger partial charge in [-0.1, -0.05) is 25.5 Å². The van der Waals surface area contributed by atoms with E-state index in [2.05, 4.69) is 0 Å². The number of carbonyl (C=O) groups is 3. The molecule has 6 atom stereocenters. The molecule has 5 heteroatoms. The molecule has 0 aromatic carbocycles. The minimum Gasteiger partial charge on any atom is -0.388 e. The van der Waals surface area contributed by atoms with Gasteiger partial charge in [0.2, 0.25) is 0 Å². The van der Waals surface area contributed by atoms with Crippen LogP contribution >= 0.6 is 0 Å². The van der Waals surface area contributed by atoms with Crippen LogP contribution < -0.4 is 0 Å². The molecule has 2 N–H and O–H groups in total. The van der Waals surface area contributed by atoms with Crippen LogP contribution in [0.2, 0.25) is 0 Å². The van der Waals surface area contributed by atoms with Crippen molar-refractivity contribution in [3.63, 3.8) is 0 Å². The Morgan fingerprint density at radius 1 is 1.27 bits per heavy atom. The van der Waals surface area contributed by atoms with Gasteiger partial charge in [0.15, 0.2) is 11.6 Å². The molecule has 3 fully saturated rings. The third-order valence-electron chi connectivity index (χ3n) is 8.01. The van der Waals surface area contributed by atoms with Gasteiger partial charge in [-0.15, -0.1) is 0 Å². The Labute approximate surface area is 153 Å². The average molecular weight is 358 g/mol. The van der Waals surface area contributed by atoms with Crippen LogP contribution in [0.1, 0.15) is 46.0 Å². The fraction of sp³-hybridized carbons (Fsp3) is 0.667. The summed E-state index contributed by atoms with van der Waals surface area (Å²) in [5.74, 6) is -0.590. The molecule has 0 saturated heterocycles. The lowest BCUT2D eigenvalue weighted by atomic mass is 9.46. The molecular weight excluding hydrogens is 332 g/mol.